The topological polar surface area (TPSA) is 207 Å². The SMILES string of the molecule is Nc1c(-c2nc3ccc(N4CCN(C(=O)CCCCCCNc5cccc6c5C(=O)N(C5CCC(=O)NC5=O)C6=O)CC4)cc3[nH]2)c(=O)[nH]c2cccc(F)c12. The van der Waals surface area contributed by atoms with E-state index >= 15 is 0 Å². The summed E-state index contributed by atoms with van der Waals surface area (Å²) in [7, 11) is 0. The van der Waals surface area contributed by atoms with Crippen molar-refractivity contribution in [2.24, 2.45) is 0 Å². The lowest BCUT2D eigenvalue weighted by Crippen LogP contribution is -2.54. The average Bonchev–Trinajstić information content (AvgIpc) is 3.71. The third kappa shape index (κ3) is 6.71. The van der Waals surface area contributed by atoms with Gasteiger partial charge in [0.15, 0.2) is 0 Å². The van der Waals surface area contributed by atoms with Gasteiger partial charge < -0.3 is 30.8 Å². The van der Waals surface area contributed by atoms with Crippen molar-refractivity contribution in [1.82, 2.24) is 30.1 Å². The summed E-state index contributed by atoms with van der Waals surface area (Å²) in [5.41, 5.74) is 9.52. The van der Waals surface area contributed by atoms with E-state index in [0.29, 0.717) is 61.4 Å². The number of benzene rings is 3. The van der Waals surface area contributed by atoms with Crippen molar-refractivity contribution in [3.05, 3.63) is 81.9 Å². The summed E-state index contributed by atoms with van der Waals surface area (Å²) in [5.74, 6) is -2.31. The van der Waals surface area contributed by atoms with Gasteiger partial charge in [-0.1, -0.05) is 25.0 Å². The molecule has 5 heterocycles. The zero-order valence-corrected chi connectivity index (χ0v) is 30.5. The smallest absolute Gasteiger partial charge is 0.264 e. The molecule has 5 aromatic rings. The number of imide groups is 2. The third-order valence-corrected chi connectivity index (χ3v) is 10.8. The molecule has 1 unspecified atom stereocenters. The number of halogens is 1. The molecule has 2 aromatic heterocycles. The quantitative estimate of drug-likeness (QED) is 0.0969. The van der Waals surface area contributed by atoms with E-state index in [0.717, 1.165) is 36.3 Å². The molecule has 0 saturated carbocycles. The Morgan fingerprint density at radius 3 is 2.46 bits per heavy atom. The van der Waals surface area contributed by atoms with Crippen LogP contribution in [-0.4, -0.2) is 93.1 Å². The number of H-pyrrole nitrogens is 2. The molecule has 0 aliphatic carbocycles. The number of nitrogens with zero attached hydrogens (tertiary/aromatic N) is 4. The lowest BCUT2D eigenvalue weighted by atomic mass is 10.0. The van der Waals surface area contributed by atoms with E-state index in [1.165, 1.54) is 12.1 Å². The number of imidazole rings is 1. The number of carbonyl (C=O) groups is 5. The van der Waals surface area contributed by atoms with E-state index in [2.05, 4.69) is 30.5 Å². The summed E-state index contributed by atoms with van der Waals surface area (Å²) in [6, 6.07) is 14.1. The van der Waals surface area contributed by atoms with E-state index in [1.807, 2.05) is 23.1 Å². The molecule has 0 bridgehead atoms. The molecule has 5 amide bonds. The van der Waals surface area contributed by atoms with Crippen LogP contribution in [0.1, 0.15) is 65.7 Å². The molecule has 8 rings (SSSR count). The molecular weight excluding hydrogens is 721 g/mol. The summed E-state index contributed by atoms with van der Waals surface area (Å²) in [6.45, 7) is 3.06. The maximum absolute atomic E-state index is 14.6. The van der Waals surface area contributed by atoms with Gasteiger partial charge in [-0.3, -0.25) is 39.0 Å². The third-order valence-electron chi connectivity index (χ3n) is 10.8. The molecule has 16 heteroatoms. The van der Waals surface area contributed by atoms with Gasteiger partial charge in [-0.25, -0.2) is 9.37 Å². The van der Waals surface area contributed by atoms with E-state index < -0.39 is 41.0 Å². The van der Waals surface area contributed by atoms with Gasteiger partial charge in [-0.15, -0.1) is 0 Å². The Balaban J connectivity index is 0.787. The average molecular weight is 762 g/mol. The molecule has 3 aliphatic heterocycles. The highest BCUT2D eigenvalue weighted by Crippen LogP contribution is 2.33. The molecule has 15 nitrogen and oxygen atoms in total. The molecule has 2 fully saturated rings. The number of piperazine rings is 1. The fraction of sp³-hybridized carbons (Fsp3) is 0.325. The number of pyridine rings is 1. The molecular formula is C40H40FN9O6. The number of amides is 5. The molecule has 1 atom stereocenters. The van der Waals surface area contributed by atoms with Gasteiger partial charge in [0.05, 0.1) is 38.8 Å². The van der Waals surface area contributed by atoms with Crippen LogP contribution in [-0.2, 0) is 14.4 Å². The van der Waals surface area contributed by atoms with Crippen LogP contribution in [0.5, 0.6) is 0 Å². The number of carbonyl (C=O) groups excluding carboxylic acids is 5. The summed E-state index contributed by atoms with van der Waals surface area (Å²) >= 11 is 0. The summed E-state index contributed by atoms with van der Waals surface area (Å²) in [6.07, 6.45) is 3.90. The monoisotopic (exact) mass is 761 g/mol. The molecule has 0 spiro atoms. The molecule has 3 aromatic carbocycles. The molecule has 6 N–H and O–H groups in total. The number of aromatic amines is 2. The van der Waals surface area contributed by atoms with Gasteiger partial charge >= 0.3 is 0 Å². The van der Waals surface area contributed by atoms with Gasteiger partial charge in [-0.2, -0.15) is 0 Å². The van der Waals surface area contributed by atoms with Gasteiger partial charge in [0.1, 0.15) is 23.2 Å². The van der Waals surface area contributed by atoms with E-state index in [4.69, 9.17) is 5.73 Å². The Labute approximate surface area is 319 Å². The Kier molecular flexibility index (Phi) is 9.70. The maximum atomic E-state index is 14.6. The zero-order chi connectivity index (χ0) is 39.1. The number of hydrogen-bond acceptors (Lipinski definition) is 10. The molecule has 56 heavy (non-hydrogen) atoms. The second-order valence-corrected chi connectivity index (χ2v) is 14.3. The number of anilines is 3. The number of aromatic nitrogens is 3. The van der Waals surface area contributed by atoms with Crippen LogP contribution in [0.2, 0.25) is 0 Å². The van der Waals surface area contributed by atoms with Gasteiger partial charge in [-0.05, 0) is 61.7 Å². The number of nitrogen functional groups attached to an aromatic ring is 1. The highest BCUT2D eigenvalue weighted by atomic mass is 19.1. The second kappa shape index (κ2) is 14.9. The first kappa shape index (κ1) is 36.4. The standard InChI is InChI=1S/C40H40FN9O6/c41-24-8-6-10-27-33(24)35(42)34(38(54)46-27)36-44-25-13-12-22(21-28(25)45-36)48-17-19-49(20-18-48)31(52)11-3-1-2-4-16-43-26-9-5-7-23-32(26)40(56)50(39(23)55)29-14-15-30(51)47-37(29)53/h5-10,12-13,21,29,43H,1-4,11,14-20H2,(H,44,45)(H3,42,46,54)(H,47,51,53). The molecule has 288 valence electrons. The predicted octanol–water partition coefficient (Wildman–Crippen LogP) is 3.91. The second-order valence-electron chi connectivity index (χ2n) is 14.3. The van der Waals surface area contributed by atoms with Crippen molar-refractivity contribution in [2.45, 2.75) is 51.0 Å². The van der Waals surface area contributed by atoms with Gasteiger partial charge in [0.25, 0.3) is 17.4 Å². The van der Waals surface area contributed by atoms with Crippen molar-refractivity contribution in [3.8, 4) is 11.4 Å². The van der Waals surface area contributed by atoms with Crippen molar-refractivity contribution in [3.63, 3.8) is 0 Å². The van der Waals surface area contributed by atoms with Gasteiger partial charge in [0.2, 0.25) is 17.7 Å². The van der Waals surface area contributed by atoms with Crippen LogP contribution < -0.4 is 26.8 Å². The fourth-order valence-corrected chi connectivity index (χ4v) is 7.89. The fourth-order valence-electron chi connectivity index (χ4n) is 7.89. The first-order valence-electron chi connectivity index (χ1n) is 18.8. The first-order chi connectivity index (χ1) is 27.1. The number of rotatable bonds is 11. The Morgan fingerprint density at radius 2 is 1.66 bits per heavy atom. The number of nitrogens with two attached hydrogens (primary N) is 1. The van der Waals surface area contributed by atoms with Crippen LogP contribution in [0.25, 0.3) is 33.3 Å². The minimum absolute atomic E-state index is 0.0194. The number of hydrogen-bond donors (Lipinski definition) is 5. The number of piperidine rings is 1. The molecule has 2 saturated heterocycles. The number of nitrogens with one attached hydrogen (secondary N) is 4. The van der Waals surface area contributed by atoms with Crippen molar-refractivity contribution >= 4 is 68.5 Å². The Morgan fingerprint density at radius 1 is 0.875 bits per heavy atom. The lowest BCUT2D eigenvalue weighted by molar-refractivity contribution is -0.136. The number of fused-ring (bicyclic) bond motifs is 3. The van der Waals surface area contributed by atoms with Crippen molar-refractivity contribution < 1.29 is 28.4 Å². The van der Waals surface area contributed by atoms with Crippen LogP contribution in [0, 0.1) is 5.82 Å². The van der Waals surface area contributed by atoms with Crippen LogP contribution in [0.15, 0.2) is 59.4 Å². The van der Waals surface area contributed by atoms with Crippen LogP contribution in [0.3, 0.4) is 0 Å². The molecule has 3 aliphatic rings. The van der Waals surface area contributed by atoms with E-state index in [-0.39, 0.29) is 52.3 Å². The van der Waals surface area contributed by atoms with E-state index in [9.17, 15) is 33.2 Å². The largest absolute Gasteiger partial charge is 0.397 e. The van der Waals surface area contributed by atoms with E-state index in [1.54, 1.807) is 24.3 Å². The first-order valence-corrected chi connectivity index (χ1v) is 18.8. The van der Waals surface area contributed by atoms with Crippen molar-refractivity contribution in [1.29, 1.82) is 0 Å². The molecule has 0 radical (unpaired) electrons. The predicted molar refractivity (Wildman–Crippen MR) is 208 cm³/mol. The zero-order valence-electron chi connectivity index (χ0n) is 30.5. The lowest BCUT2D eigenvalue weighted by Gasteiger charge is -2.36. The minimum Gasteiger partial charge on any atom is -0.397 e. The summed E-state index contributed by atoms with van der Waals surface area (Å²) < 4.78 is 14.6. The summed E-state index contributed by atoms with van der Waals surface area (Å²) in [5, 5.41) is 5.62. The van der Waals surface area contributed by atoms with Crippen LogP contribution >= 0.6 is 0 Å². The minimum atomic E-state index is -1.01. The highest BCUT2D eigenvalue weighted by molar-refractivity contribution is 6.25. The highest BCUT2D eigenvalue weighted by Gasteiger charge is 2.45. The maximum Gasteiger partial charge on any atom is 0.264 e. The van der Waals surface area contributed by atoms with Crippen LogP contribution in [0.4, 0.5) is 21.5 Å². The van der Waals surface area contributed by atoms with Gasteiger partial charge in [0, 0.05) is 56.9 Å². The Bertz CT molecular complexity index is 2490. The van der Waals surface area contributed by atoms with Crippen molar-refractivity contribution in [2.75, 3.05) is 48.7 Å². The summed E-state index contributed by atoms with van der Waals surface area (Å²) in [4.78, 5) is 91.8. The number of unbranched alkanes of at least 4 members (excludes halogenated alkanes) is 3. The Hall–Kier alpha value is -6.58. The normalized spacial score (nSPS) is 17.2.